The van der Waals surface area contributed by atoms with Crippen molar-refractivity contribution in [3.63, 3.8) is 0 Å². The molecular formula is C22H19ClN4OS. The van der Waals surface area contributed by atoms with Crippen LogP contribution in [0.5, 0.6) is 0 Å². The molecule has 0 saturated carbocycles. The van der Waals surface area contributed by atoms with Gasteiger partial charge in [0, 0.05) is 35.4 Å². The van der Waals surface area contributed by atoms with E-state index in [1.54, 1.807) is 6.20 Å². The van der Waals surface area contributed by atoms with Crippen LogP contribution in [0.15, 0.2) is 72.4 Å². The Labute approximate surface area is 178 Å². The number of imidazole rings is 1. The minimum Gasteiger partial charge on any atom is -0.342 e. The second-order valence-electron chi connectivity index (χ2n) is 6.64. The van der Waals surface area contributed by atoms with Crippen molar-refractivity contribution >= 4 is 28.8 Å². The first-order valence-corrected chi connectivity index (χ1v) is 10.4. The highest BCUT2D eigenvalue weighted by Gasteiger charge is 2.21. The summed E-state index contributed by atoms with van der Waals surface area (Å²) in [6.45, 7) is 0. The first kappa shape index (κ1) is 19.4. The van der Waals surface area contributed by atoms with E-state index < -0.39 is 0 Å². The van der Waals surface area contributed by atoms with Crippen molar-refractivity contribution in [1.82, 2.24) is 19.9 Å². The number of carbonyl (C=O) groups is 1. The van der Waals surface area contributed by atoms with E-state index in [1.807, 2.05) is 77.8 Å². The number of halogens is 1. The molecule has 1 atom stereocenters. The van der Waals surface area contributed by atoms with E-state index in [2.05, 4.69) is 15.3 Å². The molecule has 2 aromatic heterocycles. The zero-order valence-electron chi connectivity index (χ0n) is 15.7. The molecule has 4 rings (SSSR count). The molecule has 2 aromatic carbocycles. The number of nitrogens with one attached hydrogen (secondary N) is 1. The number of amides is 1. The smallest absolute Gasteiger partial charge is 0.226 e. The van der Waals surface area contributed by atoms with Crippen LogP contribution in [0.4, 0.5) is 0 Å². The number of hydrogen-bond donors (Lipinski definition) is 1. The largest absolute Gasteiger partial charge is 0.342 e. The number of aromatic nitrogens is 3. The Morgan fingerprint density at radius 2 is 1.93 bits per heavy atom. The van der Waals surface area contributed by atoms with Crippen molar-refractivity contribution in [3.05, 3.63) is 94.5 Å². The molecule has 146 valence electrons. The van der Waals surface area contributed by atoms with Crippen LogP contribution in [0.3, 0.4) is 0 Å². The summed E-state index contributed by atoms with van der Waals surface area (Å²) >= 11 is 7.46. The summed E-state index contributed by atoms with van der Waals surface area (Å²) in [6.07, 6.45) is 3.81. The third-order valence-corrected chi connectivity index (χ3v) is 5.73. The predicted molar refractivity (Wildman–Crippen MR) is 116 cm³/mol. The van der Waals surface area contributed by atoms with Gasteiger partial charge in [0.05, 0.1) is 12.1 Å². The lowest BCUT2D eigenvalue weighted by Gasteiger charge is -2.19. The average Bonchev–Trinajstić information content (AvgIpc) is 3.36. The quantitative estimate of drug-likeness (QED) is 0.492. The molecule has 7 heteroatoms. The molecule has 0 fully saturated rings. The molecular weight excluding hydrogens is 404 g/mol. The van der Waals surface area contributed by atoms with Gasteiger partial charge in [-0.2, -0.15) is 0 Å². The molecule has 5 nitrogen and oxygen atoms in total. The highest BCUT2D eigenvalue weighted by molar-refractivity contribution is 7.13. The van der Waals surface area contributed by atoms with Crippen LogP contribution in [0.1, 0.15) is 23.1 Å². The van der Waals surface area contributed by atoms with E-state index in [0.717, 1.165) is 27.7 Å². The number of nitrogens with zero attached hydrogens (tertiary/aromatic N) is 3. The van der Waals surface area contributed by atoms with Gasteiger partial charge < -0.3 is 9.88 Å². The summed E-state index contributed by atoms with van der Waals surface area (Å²) in [6, 6.07) is 17.0. The van der Waals surface area contributed by atoms with Gasteiger partial charge in [0.15, 0.2) is 0 Å². The molecule has 0 saturated heterocycles. The zero-order valence-corrected chi connectivity index (χ0v) is 17.3. The SMILES string of the molecule is Cn1ccnc1[C@H](NC(=O)Cc1csc(-c2ccc(Cl)cc2)n1)c1ccccc1. The molecule has 0 bridgehead atoms. The van der Waals surface area contributed by atoms with Crippen molar-refractivity contribution in [3.8, 4) is 10.6 Å². The number of rotatable bonds is 6. The van der Waals surface area contributed by atoms with Crippen LogP contribution in [-0.4, -0.2) is 20.4 Å². The van der Waals surface area contributed by atoms with Crippen molar-refractivity contribution < 1.29 is 4.79 Å². The van der Waals surface area contributed by atoms with E-state index in [9.17, 15) is 4.79 Å². The maximum Gasteiger partial charge on any atom is 0.226 e. The molecule has 1 N–H and O–H groups in total. The van der Waals surface area contributed by atoms with Crippen molar-refractivity contribution in [2.75, 3.05) is 0 Å². The monoisotopic (exact) mass is 422 g/mol. The lowest BCUT2D eigenvalue weighted by atomic mass is 10.1. The van der Waals surface area contributed by atoms with Gasteiger partial charge in [-0.05, 0) is 17.7 Å². The highest BCUT2D eigenvalue weighted by Crippen LogP contribution is 2.26. The molecule has 2 heterocycles. The van der Waals surface area contributed by atoms with Gasteiger partial charge in [0.25, 0.3) is 0 Å². The third kappa shape index (κ3) is 4.55. The topological polar surface area (TPSA) is 59.8 Å². The van der Waals surface area contributed by atoms with E-state index in [0.29, 0.717) is 5.02 Å². The minimum absolute atomic E-state index is 0.102. The number of carbonyl (C=O) groups excluding carboxylic acids is 1. The fourth-order valence-corrected chi connectivity index (χ4v) is 4.04. The van der Waals surface area contributed by atoms with E-state index in [-0.39, 0.29) is 18.4 Å². The fourth-order valence-electron chi connectivity index (χ4n) is 3.09. The van der Waals surface area contributed by atoms with Gasteiger partial charge in [0.2, 0.25) is 5.91 Å². The van der Waals surface area contributed by atoms with Crippen molar-refractivity contribution in [2.45, 2.75) is 12.5 Å². The molecule has 29 heavy (non-hydrogen) atoms. The van der Waals surface area contributed by atoms with E-state index in [1.165, 1.54) is 11.3 Å². The van der Waals surface area contributed by atoms with Gasteiger partial charge in [-0.3, -0.25) is 4.79 Å². The van der Waals surface area contributed by atoms with Gasteiger partial charge in [0.1, 0.15) is 16.9 Å². The summed E-state index contributed by atoms with van der Waals surface area (Å²) < 4.78 is 1.92. The van der Waals surface area contributed by atoms with Gasteiger partial charge in [-0.25, -0.2) is 9.97 Å². The zero-order chi connectivity index (χ0) is 20.2. The van der Waals surface area contributed by atoms with Crippen molar-refractivity contribution in [2.24, 2.45) is 7.05 Å². The number of benzene rings is 2. The first-order chi connectivity index (χ1) is 14.1. The van der Waals surface area contributed by atoms with Crippen LogP contribution in [0.2, 0.25) is 5.02 Å². The first-order valence-electron chi connectivity index (χ1n) is 9.12. The summed E-state index contributed by atoms with van der Waals surface area (Å²) in [7, 11) is 1.92. The van der Waals surface area contributed by atoms with Gasteiger partial charge >= 0.3 is 0 Å². The molecule has 0 aliphatic rings. The Morgan fingerprint density at radius 1 is 1.17 bits per heavy atom. The molecule has 0 aliphatic heterocycles. The number of thiazole rings is 1. The summed E-state index contributed by atoms with van der Waals surface area (Å²) in [5.41, 5.74) is 2.71. The Kier molecular flexibility index (Phi) is 5.74. The molecule has 0 unspecified atom stereocenters. The van der Waals surface area contributed by atoms with Crippen LogP contribution in [0, 0.1) is 0 Å². The molecule has 0 aliphatic carbocycles. The number of hydrogen-bond acceptors (Lipinski definition) is 4. The number of aryl methyl sites for hydroxylation is 1. The fraction of sp³-hybridized carbons (Fsp3) is 0.136. The normalized spacial score (nSPS) is 11.9. The molecule has 1 amide bonds. The van der Waals surface area contributed by atoms with Gasteiger partial charge in [-0.15, -0.1) is 11.3 Å². The molecule has 0 spiro atoms. The average molecular weight is 423 g/mol. The van der Waals surface area contributed by atoms with Crippen LogP contribution in [-0.2, 0) is 18.3 Å². The minimum atomic E-state index is -0.321. The predicted octanol–water partition coefficient (Wildman–Crippen LogP) is 4.65. The lowest BCUT2D eigenvalue weighted by molar-refractivity contribution is -0.121. The second-order valence-corrected chi connectivity index (χ2v) is 7.93. The van der Waals surface area contributed by atoms with Crippen LogP contribution >= 0.6 is 22.9 Å². The Balaban J connectivity index is 1.50. The van der Waals surface area contributed by atoms with Crippen LogP contribution < -0.4 is 5.32 Å². The summed E-state index contributed by atoms with van der Waals surface area (Å²) in [4.78, 5) is 21.8. The summed E-state index contributed by atoms with van der Waals surface area (Å²) in [5, 5.41) is 6.58. The van der Waals surface area contributed by atoms with E-state index in [4.69, 9.17) is 11.6 Å². The Hall–Kier alpha value is -2.96. The third-order valence-electron chi connectivity index (χ3n) is 4.54. The Bertz CT molecular complexity index is 1110. The standard InChI is InChI=1S/C22H19ClN4OS/c1-27-12-11-24-21(27)20(15-5-3-2-4-6-15)26-19(28)13-18-14-29-22(25-18)16-7-9-17(23)10-8-16/h2-12,14,20H,13H2,1H3,(H,26,28)/t20-/m1/s1. The maximum absolute atomic E-state index is 12.8. The van der Waals surface area contributed by atoms with Crippen molar-refractivity contribution in [1.29, 1.82) is 0 Å². The molecule has 4 aromatic rings. The summed E-state index contributed by atoms with van der Waals surface area (Å²) in [5.74, 6) is 0.680. The highest BCUT2D eigenvalue weighted by atomic mass is 35.5. The van der Waals surface area contributed by atoms with E-state index >= 15 is 0 Å². The molecule has 0 radical (unpaired) electrons. The van der Waals surface area contributed by atoms with Gasteiger partial charge in [-0.1, -0.05) is 54.1 Å². The second kappa shape index (κ2) is 8.59. The maximum atomic E-state index is 12.8. The van der Waals surface area contributed by atoms with Crippen LogP contribution in [0.25, 0.3) is 10.6 Å². The Morgan fingerprint density at radius 3 is 2.62 bits per heavy atom. The lowest BCUT2D eigenvalue weighted by Crippen LogP contribution is -2.32.